The zero-order chi connectivity index (χ0) is 13.4. The topological polar surface area (TPSA) is 43.4 Å². The van der Waals surface area contributed by atoms with E-state index in [0.717, 1.165) is 17.9 Å². The lowest BCUT2D eigenvalue weighted by atomic mass is 10.1. The SMILES string of the molecule is CCOCC(C)Oc1ccc(C(CC)NC)nc1. The van der Waals surface area contributed by atoms with Gasteiger partial charge in [0.2, 0.25) is 0 Å². The van der Waals surface area contributed by atoms with Crippen LogP contribution in [0.2, 0.25) is 0 Å². The Morgan fingerprint density at radius 3 is 2.61 bits per heavy atom. The fourth-order valence-corrected chi connectivity index (χ4v) is 1.78. The minimum Gasteiger partial charge on any atom is -0.487 e. The highest BCUT2D eigenvalue weighted by Crippen LogP contribution is 2.17. The molecule has 0 spiro atoms. The van der Waals surface area contributed by atoms with Gasteiger partial charge in [0, 0.05) is 12.6 Å². The van der Waals surface area contributed by atoms with Gasteiger partial charge in [-0.2, -0.15) is 0 Å². The number of pyridine rings is 1. The zero-order valence-corrected chi connectivity index (χ0v) is 11.8. The molecule has 18 heavy (non-hydrogen) atoms. The van der Waals surface area contributed by atoms with Crippen molar-refractivity contribution in [3.05, 3.63) is 24.0 Å². The van der Waals surface area contributed by atoms with Crippen LogP contribution in [0.25, 0.3) is 0 Å². The molecule has 0 saturated heterocycles. The average molecular weight is 252 g/mol. The molecule has 2 unspecified atom stereocenters. The first-order valence-corrected chi connectivity index (χ1v) is 6.58. The second kappa shape index (κ2) is 8.06. The van der Waals surface area contributed by atoms with Crippen LogP contribution in [0.3, 0.4) is 0 Å². The van der Waals surface area contributed by atoms with Crippen LogP contribution in [0, 0.1) is 0 Å². The molecule has 1 aromatic rings. The highest BCUT2D eigenvalue weighted by Gasteiger charge is 2.09. The molecule has 2 atom stereocenters. The van der Waals surface area contributed by atoms with Crippen molar-refractivity contribution >= 4 is 0 Å². The average Bonchev–Trinajstić information content (AvgIpc) is 2.40. The van der Waals surface area contributed by atoms with Gasteiger partial charge in [0.05, 0.1) is 18.5 Å². The highest BCUT2D eigenvalue weighted by molar-refractivity contribution is 5.21. The molecule has 0 bridgehead atoms. The van der Waals surface area contributed by atoms with Crippen molar-refractivity contribution in [3.63, 3.8) is 0 Å². The molecule has 1 rings (SSSR count). The van der Waals surface area contributed by atoms with Crippen LogP contribution in [-0.4, -0.2) is 31.3 Å². The quantitative estimate of drug-likeness (QED) is 0.772. The van der Waals surface area contributed by atoms with Gasteiger partial charge in [0.25, 0.3) is 0 Å². The Morgan fingerprint density at radius 2 is 2.11 bits per heavy atom. The molecule has 0 aliphatic carbocycles. The number of nitrogens with one attached hydrogen (secondary N) is 1. The van der Waals surface area contributed by atoms with Gasteiger partial charge in [-0.1, -0.05) is 6.92 Å². The van der Waals surface area contributed by atoms with Gasteiger partial charge in [-0.05, 0) is 39.4 Å². The van der Waals surface area contributed by atoms with Gasteiger partial charge in [0.15, 0.2) is 0 Å². The van der Waals surface area contributed by atoms with Crippen molar-refractivity contribution in [2.45, 2.75) is 39.3 Å². The Bertz CT molecular complexity index is 323. The molecule has 0 amide bonds. The van der Waals surface area contributed by atoms with Crippen LogP contribution in [0.4, 0.5) is 0 Å². The van der Waals surface area contributed by atoms with E-state index in [1.807, 2.05) is 33.0 Å². The summed E-state index contributed by atoms with van der Waals surface area (Å²) in [7, 11) is 1.95. The van der Waals surface area contributed by atoms with E-state index in [0.29, 0.717) is 19.3 Å². The van der Waals surface area contributed by atoms with E-state index >= 15 is 0 Å². The smallest absolute Gasteiger partial charge is 0.138 e. The van der Waals surface area contributed by atoms with Crippen molar-refractivity contribution in [2.24, 2.45) is 0 Å². The molecule has 1 aromatic heterocycles. The second-order valence-electron chi connectivity index (χ2n) is 4.26. The van der Waals surface area contributed by atoms with Crippen molar-refractivity contribution in [1.29, 1.82) is 0 Å². The zero-order valence-electron chi connectivity index (χ0n) is 11.8. The Labute approximate surface area is 110 Å². The number of hydrogen-bond acceptors (Lipinski definition) is 4. The number of hydrogen-bond donors (Lipinski definition) is 1. The molecule has 0 radical (unpaired) electrons. The Balaban J connectivity index is 2.54. The number of ether oxygens (including phenoxy) is 2. The first-order valence-electron chi connectivity index (χ1n) is 6.58. The fourth-order valence-electron chi connectivity index (χ4n) is 1.78. The molecule has 1 heterocycles. The lowest BCUT2D eigenvalue weighted by Gasteiger charge is -2.16. The maximum absolute atomic E-state index is 5.71. The Morgan fingerprint density at radius 1 is 1.33 bits per heavy atom. The van der Waals surface area contributed by atoms with Crippen molar-refractivity contribution in [2.75, 3.05) is 20.3 Å². The molecule has 1 N–H and O–H groups in total. The van der Waals surface area contributed by atoms with Crippen molar-refractivity contribution < 1.29 is 9.47 Å². The Kier molecular flexibility index (Phi) is 6.68. The molecule has 0 aromatic carbocycles. The third kappa shape index (κ3) is 4.63. The van der Waals surface area contributed by atoms with Crippen LogP contribution in [0.1, 0.15) is 38.9 Å². The predicted molar refractivity (Wildman–Crippen MR) is 72.9 cm³/mol. The van der Waals surface area contributed by atoms with E-state index in [-0.39, 0.29) is 6.10 Å². The standard InChI is InChI=1S/C14H24N2O2/c1-5-13(15-4)14-8-7-12(9-16-14)18-11(3)10-17-6-2/h7-9,11,13,15H,5-6,10H2,1-4H3. The summed E-state index contributed by atoms with van der Waals surface area (Å²) in [5.74, 6) is 0.789. The summed E-state index contributed by atoms with van der Waals surface area (Å²) >= 11 is 0. The second-order valence-corrected chi connectivity index (χ2v) is 4.26. The lowest BCUT2D eigenvalue weighted by Crippen LogP contribution is -2.19. The van der Waals surface area contributed by atoms with Gasteiger partial charge in [-0.25, -0.2) is 0 Å². The van der Waals surface area contributed by atoms with Gasteiger partial charge < -0.3 is 14.8 Å². The van der Waals surface area contributed by atoms with Gasteiger partial charge >= 0.3 is 0 Å². The highest BCUT2D eigenvalue weighted by atomic mass is 16.5. The van der Waals surface area contributed by atoms with Crippen LogP contribution in [0.15, 0.2) is 18.3 Å². The molecule has 0 aliphatic rings. The first kappa shape index (κ1) is 14.9. The maximum atomic E-state index is 5.71. The molecular formula is C14H24N2O2. The molecule has 102 valence electrons. The minimum atomic E-state index is 0.0453. The van der Waals surface area contributed by atoms with Gasteiger partial charge in [-0.3, -0.25) is 4.98 Å². The summed E-state index contributed by atoms with van der Waals surface area (Å²) in [6, 6.07) is 4.28. The monoisotopic (exact) mass is 252 g/mol. The maximum Gasteiger partial charge on any atom is 0.138 e. The van der Waals surface area contributed by atoms with E-state index < -0.39 is 0 Å². The van der Waals surface area contributed by atoms with Crippen LogP contribution < -0.4 is 10.1 Å². The molecule has 4 nitrogen and oxygen atoms in total. The van der Waals surface area contributed by atoms with Crippen molar-refractivity contribution in [3.8, 4) is 5.75 Å². The summed E-state index contributed by atoms with van der Waals surface area (Å²) < 4.78 is 11.0. The van der Waals surface area contributed by atoms with E-state index in [1.54, 1.807) is 6.20 Å². The molecular weight excluding hydrogens is 228 g/mol. The summed E-state index contributed by atoms with van der Waals surface area (Å²) in [5.41, 5.74) is 1.05. The van der Waals surface area contributed by atoms with Crippen LogP contribution >= 0.6 is 0 Å². The molecule has 4 heteroatoms. The van der Waals surface area contributed by atoms with Crippen LogP contribution in [-0.2, 0) is 4.74 Å². The van der Waals surface area contributed by atoms with E-state index in [9.17, 15) is 0 Å². The normalized spacial score (nSPS) is 14.2. The number of aromatic nitrogens is 1. The molecule has 0 saturated carbocycles. The molecule has 0 aliphatic heterocycles. The third-order valence-corrected chi connectivity index (χ3v) is 2.77. The van der Waals surface area contributed by atoms with Crippen LogP contribution in [0.5, 0.6) is 5.75 Å². The number of nitrogens with zero attached hydrogens (tertiary/aromatic N) is 1. The fraction of sp³-hybridized carbons (Fsp3) is 0.643. The van der Waals surface area contributed by atoms with E-state index in [2.05, 4.69) is 17.2 Å². The largest absolute Gasteiger partial charge is 0.487 e. The van der Waals surface area contributed by atoms with Gasteiger partial charge in [0.1, 0.15) is 11.9 Å². The first-order chi connectivity index (χ1) is 8.71. The van der Waals surface area contributed by atoms with Crippen molar-refractivity contribution in [1.82, 2.24) is 10.3 Å². The van der Waals surface area contributed by atoms with Gasteiger partial charge in [-0.15, -0.1) is 0 Å². The van der Waals surface area contributed by atoms with E-state index in [4.69, 9.17) is 9.47 Å². The third-order valence-electron chi connectivity index (χ3n) is 2.77. The molecule has 0 fully saturated rings. The minimum absolute atomic E-state index is 0.0453. The Hall–Kier alpha value is -1.13. The lowest BCUT2D eigenvalue weighted by molar-refractivity contribution is 0.0655. The predicted octanol–water partition coefficient (Wildman–Crippen LogP) is 2.56. The summed E-state index contributed by atoms with van der Waals surface area (Å²) in [4.78, 5) is 4.43. The summed E-state index contributed by atoms with van der Waals surface area (Å²) in [5, 5.41) is 3.23. The summed E-state index contributed by atoms with van der Waals surface area (Å²) in [6.45, 7) is 7.42. The number of rotatable bonds is 8. The van der Waals surface area contributed by atoms with E-state index in [1.165, 1.54) is 0 Å². The summed E-state index contributed by atoms with van der Waals surface area (Å²) in [6.07, 6.45) is 2.84.